The Morgan fingerprint density at radius 3 is 2.71 bits per heavy atom. The Morgan fingerprint density at radius 2 is 2.06 bits per heavy atom. The van der Waals surface area contributed by atoms with Crippen molar-refractivity contribution in [3.63, 3.8) is 0 Å². The van der Waals surface area contributed by atoms with Crippen LogP contribution in [0.15, 0.2) is 18.5 Å². The highest BCUT2D eigenvalue weighted by atomic mass is 16.5. The Labute approximate surface area is 102 Å². The molecule has 2 rings (SSSR count). The quantitative estimate of drug-likeness (QED) is 0.834. The van der Waals surface area contributed by atoms with Crippen LogP contribution in [0.2, 0.25) is 0 Å². The summed E-state index contributed by atoms with van der Waals surface area (Å²) in [5.41, 5.74) is 0.103. The van der Waals surface area contributed by atoms with Gasteiger partial charge in [0.2, 0.25) is 0 Å². The molecule has 17 heavy (non-hydrogen) atoms. The lowest BCUT2D eigenvalue weighted by Crippen LogP contribution is -2.39. The summed E-state index contributed by atoms with van der Waals surface area (Å²) in [5.74, 6) is 0.726. The van der Waals surface area contributed by atoms with Crippen molar-refractivity contribution in [3.8, 4) is 5.75 Å². The summed E-state index contributed by atoms with van der Waals surface area (Å²) in [7, 11) is 0. The molecule has 2 heterocycles. The molecule has 4 nitrogen and oxygen atoms in total. The maximum Gasteiger partial charge on any atom is 0.138 e. The smallest absolute Gasteiger partial charge is 0.138 e. The predicted molar refractivity (Wildman–Crippen MR) is 66.0 cm³/mol. The highest BCUT2D eigenvalue weighted by Gasteiger charge is 2.31. The lowest BCUT2D eigenvalue weighted by molar-refractivity contribution is 0.00533. The molecule has 0 unspecified atom stereocenters. The van der Waals surface area contributed by atoms with Gasteiger partial charge in [0, 0.05) is 11.8 Å². The average Bonchev–Trinajstić information content (AvgIpc) is 2.29. The number of aliphatic hydroxyl groups is 1. The van der Waals surface area contributed by atoms with Gasteiger partial charge in [-0.25, -0.2) is 0 Å². The van der Waals surface area contributed by atoms with Gasteiger partial charge < -0.3 is 15.2 Å². The lowest BCUT2D eigenvalue weighted by Gasteiger charge is -2.32. The second-order valence-corrected chi connectivity index (χ2v) is 4.86. The molecular weight excluding hydrogens is 216 g/mol. The Balaban J connectivity index is 2.19. The zero-order valence-electron chi connectivity index (χ0n) is 10.4. The van der Waals surface area contributed by atoms with Gasteiger partial charge in [0.1, 0.15) is 5.75 Å². The predicted octanol–water partition coefficient (Wildman–Crippen LogP) is 1.44. The van der Waals surface area contributed by atoms with Crippen LogP contribution >= 0.6 is 0 Å². The van der Waals surface area contributed by atoms with Gasteiger partial charge in [-0.2, -0.15) is 0 Å². The summed E-state index contributed by atoms with van der Waals surface area (Å²) in [4.78, 5) is 4.15. The molecule has 0 amide bonds. The molecule has 0 saturated carbocycles. The topological polar surface area (TPSA) is 54.4 Å². The number of hydrogen-bond donors (Lipinski definition) is 2. The van der Waals surface area contributed by atoms with E-state index >= 15 is 0 Å². The van der Waals surface area contributed by atoms with E-state index in [1.54, 1.807) is 12.4 Å². The van der Waals surface area contributed by atoms with E-state index in [9.17, 15) is 5.11 Å². The zero-order chi connectivity index (χ0) is 12.3. The molecule has 0 radical (unpaired) electrons. The van der Waals surface area contributed by atoms with Gasteiger partial charge in [-0.05, 0) is 45.8 Å². The Morgan fingerprint density at radius 1 is 1.35 bits per heavy atom. The highest BCUT2D eigenvalue weighted by molar-refractivity contribution is 5.28. The summed E-state index contributed by atoms with van der Waals surface area (Å²) in [5, 5.41) is 13.8. The van der Waals surface area contributed by atoms with Crippen LogP contribution in [-0.2, 0) is 5.60 Å². The Bertz CT molecular complexity index is 373. The first kappa shape index (κ1) is 12.3. The lowest BCUT2D eigenvalue weighted by atomic mass is 9.86. The first-order valence-electron chi connectivity index (χ1n) is 6.15. The van der Waals surface area contributed by atoms with Crippen LogP contribution in [0.3, 0.4) is 0 Å². The minimum Gasteiger partial charge on any atom is -0.489 e. The summed E-state index contributed by atoms with van der Waals surface area (Å²) in [6.45, 7) is 5.63. The van der Waals surface area contributed by atoms with Gasteiger partial charge in [0.25, 0.3) is 0 Å². The van der Waals surface area contributed by atoms with E-state index < -0.39 is 5.60 Å². The minimum atomic E-state index is -0.755. The van der Waals surface area contributed by atoms with Crippen LogP contribution in [0.5, 0.6) is 5.75 Å². The van der Waals surface area contributed by atoms with Crippen LogP contribution < -0.4 is 10.1 Å². The van der Waals surface area contributed by atoms with Crippen molar-refractivity contribution < 1.29 is 9.84 Å². The Kier molecular flexibility index (Phi) is 3.64. The van der Waals surface area contributed by atoms with E-state index in [2.05, 4.69) is 10.3 Å². The fourth-order valence-corrected chi connectivity index (χ4v) is 2.14. The average molecular weight is 236 g/mol. The van der Waals surface area contributed by atoms with Crippen molar-refractivity contribution in [2.75, 3.05) is 13.1 Å². The summed E-state index contributed by atoms with van der Waals surface area (Å²) in [6, 6.07) is 1.90. The van der Waals surface area contributed by atoms with Crippen LogP contribution in [0.4, 0.5) is 0 Å². The molecule has 0 atom stereocenters. The molecular formula is C13H20N2O2. The van der Waals surface area contributed by atoms with E-state index in [1.807, 2.05) is 19.9 Å². The van der Waals surface area contributed by atoms with Gasteiger partial charge >= 0.3 is 0 Å². The normalized spacial score (nSPS) is 19.3. The number of ether oxygens (including phenoxy) is 1. The summed E-state index contributed by atoms with van der Waals surface area (Å²) in [6.07, 6.45) is 4.99. The number of piperidine rings is 1. The van der Waals surface area contributed by atoms with Crippen molar-refractivity contribution in [2.45, 2.75) is 38.4 Å². The fourth-order valence-electron chi connectivity index (χ4n) is 2.14. The van der Waals surface area contributed by atoms with Crippen molar-refractivity contribution in [2.24, 2.45) is 0 Å². The number of aromatic nitrogens is 1. The molecule has 1 aromatic rings. The summed E-state index contributed by atoms with van der Waals surface area (Å²) < 4.78 is 5.60. The van der Waals surface area contributed by atoms with Crippen molar-refractivity contribution >= 4 is 0 Å². The van der Waals surface area contributed by atoms with Crippen LogP contribution in [0.25, 0.3) is 0 Å². The van der Waals surface area contributed by atoms with Gasteiger partial charge in [-0.15, -0.1) is 0 Å². The maximum absolute atomic E-state index is 10.6. The van der Waals surface area contributed by atoms with Crippen molar-refractivity contribution in [3.05, 3.63) is 24.0 Å². The second kappa shape index (κ2) is 5.02. The fraction of sp³-hybridized carbons (Fsp3) is 0.615. The van der Waals surface area contributed by atoms with Crippen molar-refractivity contribution in [1.82, 2.24) is 10.3 Å². The first-order valence-corrected chi connectivity index (χ1v) is 6.15. The maximum atomic E-state index is 10.6. The molecule has 0 aliphatic carbocycles. The number of rotatable bonds is 3. The molecule has 4 heteroatoms. The minimum absolute atomic E-state index is 0.120. The number of pyridine rings is 1. The van der Waals surface area contributed by atoms with E-state index in [0.717, 1.165) is 37.2 Å². The molecule has 1 aliphatic rings. The third-order valence-electron chi connectivity index (χ3n) is 3.05. The van der Waals surface area contributed by atoms with E-state index in [4.69, 9.17) is 4.74 Å². The molecule has 1 fully saturated rings. The Hall–Kier alpha value is -1.13. The monoisotopic (exact) mass is 236 g/mol. The molecule has 0 bridgehead atoms. The molecule has 0 aromatic carbocycles. The standard InChI is InChI=1S/C13H20N2O2/c1-10(2)17-12-7-11(8-15-9-12)13(16)3-5-14-6-4-13/h7-10,14,16H,3-6H2,1-2H3. The van der Waals surface area contributed by atoms with Crippen LogP contribution in [-0.4, -0.2) is 29.3 Å². The number of nitrogens with one attached hydrogen (secondary N) is 1. The molecule has 94 valence electrons. The second-order valence-electron chi connectivity index (χ2n) is 4.86. The molecule has 1 saturated heterocycles. The van der Waals surface area contributed by atoms with Gasteiger partial charge in [0.15, 0.2) is 0 Å². The molecule has 0 spiro atoms. The SMILES string of the molecule is CC(C)Oc1cncc(C2(O)CCNCC2)c1. The third kappa shape index (κ3) is 2.96. The van der Waals surface area contributed by atoms with Gasteiger partial charge in [0.05, 0.1) is 17.9 Å². The van der Waals surface area contributed by atoms with Gasteiger partial charge in [-0.3, -0.25) is 4.98 Å². The van der Waals surface area contributed by atoms with Crippen molar-refractivity contribution in [1.29, 1.82) is 0 Å². The molecule has 1 aliphatic heterocycles. The molecule has 2 N–H and O–H groups in total. The number of nitrogens with zero attached hydrogens (tertiary/aromatic N) is 1. The van der Waals surface area contributed by atoms with Crippen LogP contribution in [0.1, 0.15) is 32.3 Å². The van der Waals surface area contributed by atoms with Gasteiger partial charge in [-0.1, -0.05) is 0 Å². The van der Waals surface area contributed by atoms with E-state index in [-0.39, 0.29) is 6.10 Å². The number of hydrogen-bond acceptors (Lipinski definition) is 4. The molecule has 1 aromatic heterocycles. The zero-order valence-corrected chi connectivity index (χ0v) is 10.4. The highest BCUT2D eigenvalue weighted by Crippen LogP contribution is 2.31. The first-order chi connectivity index (χ1) is 8.10. The largest absolute Gasteiger partial charge is 0.489 e. The third-order valence-corrected chi connectivity index (χ3v) is 3.05. The summed E-state index contributed by atoms with van der Waals surface area (Å²) >= 11 is 0. The van der Waals surface area contributed by atoms with E-state index in [1.165, 1.54) is 0 Å². The van der Waals surface area contributed by atoms with E-state index in [0.29, 0.717) is 0 Å². The van der Waals surface area contributed by atoms with Crippen LogP contribution in [0, 0.1) is 0 Å².